The maximum atomic E-state index is 13.1. The zero-order valence-corrected chi connectivity index (χ0v) is 14.4. The number of fused-ring (bicyclic) bond motifs is 2. The van der Waals surface area contributed by atoms with Crippen molar-refractivity contribution in [3.05, 3.63) is 0 Å². The molecule has 0 saturated heterocycles. The fourth-order valence-electron chi connectivity index (χ4n) is 8.15. The van der Waals surface area contributed by atoms with E-state index in [0.717, 1.165) is 32.1 Å². The van der Waals surface area contributed by atoms with E-state index in [1.54, 1.807) is 0 Å². The van der Waals surface area contributed by atoms with E-state index >= 15 is 0 Å². The smallest absolute Gasteiger partial charge is 0.303 e. The van der Waals surface area contributed by atoms with Crippen molar-refractivity contribution in [2.24, 2.45) is 35.0 Å². The van der Waals surface area contributed by atoms with Crippen LogP contribution in [0, 0.1) is 35.0 Å². The average molecular weight is 331 g/mol. The Morgan fingerprint density at radius 1 is 0.958 bits per heavy atom. The molecule has 2 atom stereocenters. The van der Waals surface area contributed by atoms with Gasteiger partial charge in [-0.05, 0) is 93.3 Å². The van der Waals surface area contributed by atoms with E-state index in [-0.39, 0.29) is 16.9 Å². The second-order valence-corrected chi connectivity index (χ2v) is 10.0. The van der Waals surface area contributed by atoms with Crippen molar-refractivity contribution in [3.63, 3.8) is 0 Å². The predicted molar refractivity (Wildman–Crippen MR) is 89.2 cm³/mol. The Labute approximate surface area is 143 Å². The minimum atomic E-state index is -0.660. The molecule has 0 aromatic carbocycles. The summed E-state index contributed by atoms with van der Waals surface area (Å²) in [6, 6.07) is 0. The third-order valence-corrected chi connectivity index (χ3v) is 8.23. The third-order valence-electron chi connectivity index (χ3n) is 8.23. The maximum Gasteiger partial charge on any atom is 0.303 e. The molecule has 6 saturated carbocycles. The summed E-state index contributed by atoms with van der Waals surface area (Å²) in [5, 5.41) is 12.9. The number of carbonyl (C=O) groups excluding carboxylic acids is 1. The summed E-state index contributed by atoms with van der Waals surface area (Å²) in [6.07, 6.45) is 11.8. The lowest BCUT2D eigenvalue weighted by molar-refractivity contribution is -0.149. The molecule has 2 N–H and O–H groups in total. The molecule has 6 fully saturated rings. The highest BCUT2D eigenvalue weighted by Crippen LogP contribution is 2.63. The molecule has 0 aromatic heterocycles. The number of aliphatic carboxylic acids is 1. The summed E-state index contributed by atoms with van der Waals surface area (Å²) in [6.45, 7) is 0. The van der Waals surface area contributed by atoms with Gasteiger partial charge < -0.3 is 10.4 Å². The molecule has 1 amide bonds. The van der Waals surface area contributed by atoms with E-state index < -0.39 is 5.97 Å². The summed E-state index contributed by atoms with van der Waals surface area (Å²) in [7, 11) is 0. The van der Waals surface area contributed by atoms with Crippen LogP contribution in [0.2, 0.25) is 0 Å². The molecule has 4 nitrogen and oxygen atoms in total. The first-order valence-electron chi connectivity index (χ1n) is 10.00. The number of hydrogen-bond acceptors (Lipinski definition) is 2. The summed E-state index contributed by atoms with van der Waals surface area (Å²) in [5.74, 6) is 2.42. The SMILES string of the molecule is O=C(O)CC12CC3CC(C1)CC(NC(=O)C1C4CCC1CC4)(C3)C2. The first-order chi connectivity index (χ1) is 11.5. The number of carboxylic acids is 1. The molecule has 0 aromatic rings. The van der Waals surface area contributed by atoms with Crippen LogP contribution >= 0.6 is 0 Å². The molecular formula is C20H29NO3. The van der Waals surface area contributed by atoms with Crippen LogP contribution in [0.1, 0.15) is 70.6 Å². The minimum Gasteiger partial charge on any atom is -0.481 e. The first kappa shape index (κ1) is 15.2. The zero-order chi connectivity index (χ0) is 16.5. The number of nitrogens with one attached hydrogen (secondary N) is 1. The van der Waals surface area contributed by atoms with Gasteiger partial charge in [-0.15, -0.1) is 0 Å². The second-order valence-electron chi connectivity index (χ2n) is 10.0. The topological polar surface area (TPSA) is 66.4 Å². The zero-order valence-electron chi connectivity index (χ0n) is 14.4. The van der Waals surface area contributed by atoms with Gasteiger partial charge in [-0.2, -0.15) is 0 Å². The van der Waals surface area contributed by atoms with Gasteiger partial charge in [0.1, 0.15) is 0 Å². The van der Waals surface area contributed by atoms with Gasteiger partial charge in [-0.3, -0.25) is 9.59 Å². The highest BCUT2D eigenvalue weighted by Gasteiger charge is 2.59. The third kappa shape index (κ3) is 2.24. The minimum absolute atomic E-state index is 0.0438. The summed E-state index contributed by atoms with van der Waals surface area (Å²) in [4.78, 5) is 24.5. The van der Waals surface area contributed by atoms with Crippen LogP contribution in [0.25, 0.3) is 0 Å². The molecule has 24 heavy (non-hydrogen) atoms. The van der Waals surface area contributed by atoms with Crippen LogP contribution in [0.4, 0.5) is 0 Å². The standard InChI is InChI=1S/C20H29NO3/c22-16(23)10-19-6-12-5-13(7-19)9-20(8-12,11-19)21-18(24)17-14-1-2-15(17)4-3-14/h12-15,17H,1-11H2,(H,21,24)(H,22,23). The molecular weight excluding hydrogens is 302 g/mol. The van der Waals surface area contributed by atoms with E-state index in [1.165, 1.54) is 32.1 Å². The molecule has 0 radical (unpaired) electrons. The van der Waals surface area contributed by atoms with Crippen LogP contribution in [-0.2, 0) is 9.59 Å². The Morgan fingerprint density at radius 2 is 1.54 bits per heavy atom. The van der Waals surface area contributed by atoms with Crippen LogP contribution in [0.3, 0.4) is 0 Å². The van der Waals surface area contributed by atoms with E-state index in [9.17, 15) is 14.7 Å². The van der Waals surface area contributed by atoms with Crippen molar-refractivity contribution in [3.8, 4) is 0 Å². The molecule has 6 rings (SSSR count). The van der Waals surface area contributed by atoms with E-state index in [4.69, 9.17) is 0 Å². The van der Waals surface area contributed by atoms with Crippen molar-refractivity contribution >= 4 is 11.9 Å². The van der Waals surface area contributed by atoms with Crippen molar-refractivity contribution in [1.82, 2.24) is 5.32 Å². The lowest BCUT2D eigenvalue weighted by Gasteiger charge is -2.62. The Morgan fingerprint density at radius 3 is 2.08 bits per heavy atom. The van der Waals surface area contributed by atoms with Crippen molar-refractivity contribution in [2.75, 3.05) is 0 Å². The lowest BCUT2D eigenvalue weighted by Crippen LogP contribution is -2.64. The van der Waals surface area contributed by atoms with E-state index in [2.05, 4.69) is 5.32 Å². The first-order valence-corrected chi connectivity index (χ1v) is 10.00. The van der Waals surface area contributed by atoms with Crippen molar-refractivity contribution < 1.29 is 14.7 Å². The van der Waals surface area contributed by atoms with Gasteiger partial charge in [0.2, 0.25) is 5.91 Å². The Kier molecular flexibility index (Phi) is 3.16. The maximum absolute atomic E-state index is 13.1. The number of carbonyl (C=O) groups is 2. The number of carboxylic acid groups (broad SMARTS) is 1. The highest BCUT2D eigenvalue weighted by atomic mass is 16.4. The largest absolute Gasteiger partial charge is 0.481 e. The fraction of sp³-hybridized carbons (Fsp3) is 0.900. The monoisotopic (exact) mass is 331 g/mol. The molecule has 2 unspecified atom stereocenters. The van der Waals surface area contributed by atoms with Gasteiger partial charge in [-0.1, -0.05) is 0 Å². The molecule has 6 aliphatic rings. The second kappa shape index (κ2) is 4.98. The van der Waals surface area contributed by atoms with Crippen molar-refractivity contribution in [1.29, 1.82) is 0 Å². The van der Waals surface area contributed by atoms with Gasteiger partial charge in [0.25, 0.3) is 0 Å². The number of amides is 1. The van der Waals surface area contributed by atoms with Crippen LogP contribution < -0.4 is 5.32 Å². The highest BCUT2D eigenvalue weighted by molar-refractivity contribution is 5.81. The van der Waals surface area contributed by atoms with Crippen molar-refractivity contribution in [2.45, 2.75) is 76.2 Å². The van der Waals surface area contributed by atoms with E-state index in [0.29, 0.717) is 36.0 Å². The molecule has 0 heterocycles. The van der Waals surface area contributed by atoms with Gasteiger partial charge in [0.15, 0.2) is 0 Å². The van der Waals surface area contributed by atoms with Crippen LogP contribution in [0.15, 0.2) is 0 Å². The number of hydrogen-bond donors (Lipinski definition) is 2. The summed E-state index contributed by atoms with van der Waals surface area (Å²) >= 11 is 0. The Hall–Kier alpha value is -1.06. The Balaban J connectivity index is 1.37. The van der Waals surface area contributed by atoms with Crippen LogP contribution in [-0.4, -0.2) is 22.5 Å². The average Bonchev–Trinajstić information content (AvgIpc) is 3.03. The normalized spacial score (nSPS) is 51.1. The molecule has 0 aliphatic heterocycles. The fourth-order valence-corrected chi connectivity index (χ4v) is 8.15. The molecule has 6 aliphatic carbocycles. The molecule has 132 valence electrons. The lowest BCUT2D eigenvalue weighted by atomic mass is 9.46. The summed E-state index contributed by atoms with van der Waals surface area (Å²) < 4.78 is 0. The summed E-state index contributed by atoms with van der Waals surface area (Å²) in [5.41, 5.74) is -0.128. The Bertz CT molecular complexity index is 551. The van der Waals surface area contributed by atoms with E-state index in [1.807, 2.05) is 0 Å². The molecule has 6 bridgehead atoms. The van der Waals surface area contributed by atoms with Gasteiger partial charge in [0.05, 0.1) is 6.42 Å². The quantitative estimate of drug-likeness (QED) is 0.830. The predicted octanol–water partition coefficient (Wildman–Crippen LogP) is 3.35. The van der Waals surface area contributed by atoms with Gasteiger partial charge >= 0.3 is 5.97 Å². The number of rotatable bonds is 4. The molecule has 0 spiro atoms. The van der Waals surface area contributed by atoms with Gasteiger partial charge in [-0.25, -0.2) is 0 Å². The molecule has 4 heteroatoms. The van der Waals surface area contributed by atoms with Crippen LogP contribution in [0.5, 0.6) is 0 Å². The van der Waals surface area contributed by atoms with Gasteiger partial charge in [0, 0.05) is 11.5 Å².